The zero-order valence-corrected chi connectivity index (χ0v) is 13.3. The molecule has 2 aromatic rings. The molecule has 1 aromatic heterocycles. The Morgan fingerprint density at radius 2 is 2.17 bits per heavy atom. The van der Waals surface area contributed by atoms with Crippen molar-refractivity contribution < 1.29 is 14.4 Å². The third-order valence-corrected chi connectivity index (χ3v) is 5.10. The maximum absolute atomic E-state index is 11.1. The molecular weight excluding hydrogens is 316 g/mol. The summed E-state index contributed by atoms with van der Waals surface area (Å²) in [5, 5.41) is 24.5. The van der Waals surface area contributed by atoms with Crippen LogP contribution in [0.15, 0.2) is 40.8 Å². The summed E-state index contributed by atoms with van der Waals surface area (Å²) < 4.78 is 5.70. The van der Waals surface area contributed by atoms with Crippen molar-refractivity contribution >= 4 is 17.4 Å². The first-order chi connectivity index (χ1) is 11.1. The molecule has 0 saturated carbocycles. The summed E-state index contributed by atoms with van der Waals surface area (Å²) in [5.41, 5.74) is -0.147. The molecule has 23 heavy (non-hydrogen) atoms. The lowest BCUT2D eigenvalue weighted by Gasteiger charge is -2.21. The summed E-state index contributed by atoms with van der Waals surface area (Å²) >= 11 is 1.76. The van der Waals surface area contributed by atoms with Crippen LogP contribution in [0.5, 0.6) is 0 Å². The van der Waals surface area contributed by atoms with Crippen LogP contribution in [0.2, 0.25) is 0 Å². The maximum atomic E-state index is 11.1. The lowest BCUT2D eigenvalue weighted by Crippen LogP contribution is -2.40. The Kier molecular flexibility index (Phi) is 4.70. The SMILES string of the molecule is O=[N+]([O-])c1ccccc1-c1ccc(CNCC2(O)CCSC2)o1. The number of nitrogens with zero attached hydrogens (tertiary/aromatic N) is 1. The summed E-state index contributed by atoms with van der Waals surface area (Å²) in [6.07, 6.45) is 0.796. The number of furan rings is 1. The number of para-hydroxylation sites is 1. The van der Waals surface area contributed by atoms with Gasteiger partial charge in [0.15, 0.2) is 0 Å². The molecule has 1 saturated heterocycles. The van der Waals surface area contributed by atoms with E-state index < -0.39 is 10.5 Å². The fourth-order valence-electron chi connectivity index (χ4n) is 2.61. The number of nitro groups is 1. The third kappa shape index (κ3) is 3.74. The Bertz CT molecular complexity index is 695. The predicted octanol–water partition coefficient (Wildman–Crippen LogP) is 2.81. The molecule has 0 spiro atoms. The van der Waals surface area contributed by atoms with E-state index in [1.807, 2.05) is 0 Å². The molecule has 0 amide bonds. The van der Waals surface area contributed by atoms with Crippen LogP contribution in [0.1, 0.15) is 12.2 Å². The van der Waals surface area contributed by atoms with Crippen molar-refractivity contribution in [3.8, 4) is 11.3 Å². The average molecular weight is 334 g/mol. The minimum atomic E-state index is -0.641. The minimum absolute atomic E-state index is 0.0265. The summed E-state index contributed by atoms with van der Waals surface area (Å²) in [4.78, 5) is 10.7. The summed E-state index contributed by atoms with van der Waals surface area (Å²) in [6.45, 7) is 0.995. The van der Waals surface area contributed by atoms with Crippen molar-refractivity contribution in [2.24, 2.45) is 0 Å². The van der Waals surface area contributed by atoms with Gasteiger partial charge in [0.25, 0.3) is 5.69 Å². The van der Waals surface area contributed by atoms with Gasteiger partial charge in [0.05, 0.1) is 22.6 Å². The van der Waals surface area contributed by atoms with Gasteiger partial charge in [-0.2, -0.15) is 11.8 Å². The van der Waals surface area contributed by atoms with Crippen LogP contribution in [-0.4, -0.2) is 33.7 Å². The van der Waals surface area contributed by atoms with E-state index in [2.05, 4.69) is 5.32 Å². The maximum Gasteiger partial charge on any atom is 0.280 e. The first-order valence-electron chi connectivity index (χ1n) is 7.41. The lowest BCUT2D eigenvalue weighted by molar-refractivity contribution is -0.384. The van der Waals surface area contributed by atoms with Crippen LogP contribution < -0.4 is 5.32 Å². The number of nitrogens with one attached hydrogen (secondary N) is 1. The van der Waals surface area contributed by atoms with E-state index >= 15 is 0 Å². The van der Waals surface area contributed by atoms with Crippen molar-refractivity contribution in [2.75, 3.05) is 18.1 Å². The van der Waals surface area contributed by atoms with Crippen molar-refractivity contribution in [2.45, 2.75) is 18.6 Å². The molecule has 1 atom stereocenters. The summed E-state index contributed by atoms with van der Waals surface area (Å²) in [6, 6.07) is 10.0. The monoisotopic (exact) mass is 334 g/mol. The topological polar surface area (TPSA) is 88.5 Å². The van der Waals surface area contributed by atoms with Gasteiger partial charge < -0.3 is 14.8 Å². The zero-order valence-electron chi connectivity index (χ0n) is 12.5. The van der Waals surface area contributed by atoms with Gasteiger partial charge in [0.2, 0.25) is 0 Å². The minimum Gasteiger partial charge on any atom is -0.459 e. The molecule has 1 aromatic carbocycles. The third-order valence-electron chi connectivity index (χ3n) is 3.86. The number of hydrogen-bond donors (Lipinski definition) is 2. The second kappa shape index (κ2) is 6.74. The number of nitro benzene ring substituents is 1. The highest BCUT2D eigenvalue weighted by atomic mass is 32.2. The van der Waals surface area contributed by atoms with Crippen LogP contribution in [0, 0.1) is 10.1 Å². The van der Waals surface area contributed by atoms with E-state index in [-0.39, 0.29) is 5.69 Å². The summed E-state index contributed by atoms with van der Waals surface area (Å²) in [7, 11) is 0. The van der Waals surface area contributed by atoms with Crippen molar-refractivity contribution in [1.82, 2.24) is 5.32 Å². The smallest absolute Gasteiger partial charge is 0.280 e. The van der Waals surface area contributed by atoms with Crippen LogP contribution in [0.4, 0.5) is 5.69 Å². The molecule has 2 N–H and O–H groups in total. The first-order valence-corrected chi connectivity index (χ1v) is 8.56. The molecule has 0 radical (unpaired) electrons. The first kappa shape index (κ1) is 16.0. The van der Waals surface area contributed by atoms with E-state index in [4.69, 9.17) is 4.42 Å². The number of benzene rings is 1. The number of thioether (sulfide) groups is 1. The standard InChI is InChI=1S/C16H18N2O4S/c19-16(7-8-23-11-16)10-17-9-12-5-6-15(22-12)13-3-1-2-4-14(13)18(20)21/h1-6,17,19H,7-11H2. The molecule has 1 fully saturated rings. The van der Waals surface area contributed by atoms with E-state index in [1.165, 1.54) is 6.07 Å². The highest BCUT2D eigenvalue weighted by molar-refractivity contribution is 7.99. The normalized spacial score (nSPS) is 20.7. The van der Waals surface area contributed by atoms with Crippen LogP contribution in [-0.2, 0) is 6.54 Å². The zero-order chi connectivity index (χ0) is 16.3. The van der Waals surface area contributed by atoms with Gasteiger partial charge in [0, 0.05) is 18.4 Å². The number of rotatable bonds is 6. The van der Waals surface area contributed by atoms with Crippen molar-refractivity contribution in [1.29, 1.82) is 0 Å². The fourth-order valence-corrected chi connectivity index (χ4v) is 3.91. The highest BCUT2D eigenvalue weighted by Crippen LogP contribution is 2.31. The van der Waals surface area contributed by atoms with Gasteiger partial charge in [-0.15, -0.1) is 0 Å². The van der Waals surface area contributed by atoms with Crippen LogP contribution >= 0.6 is 11.8 Å². The Labute approximate surface area is 138 Å². The largest absolute Gasteiger partial charge is 0.459 e. The molecule has 6 nitrogen and oxygen atoms in total. The van der Waals surface area contributed by atoms with Crippen molar-refractivity contribution in [3.05, 3.63) is 52.3 Å². The lowest BCUT2D eigenvalue weighted by atomic mass is 10.0. The van der Waals surface area contributed by atoms with Gasteiger partial charge in [-0.3, -0.25) is 10.1 Å². The van der Waals surface area contributed by atoms with E-state index in [0.29, 0.717) is 30.2 Å². The number of aliphatic hydroxyl groups is 1. The van der Waals surface area contributed by atoms with E-state index in [0.717, 1.165) is 17.9 Å². The summed E-state index contributed by atoms with van der Waals surface area (Å²) in [5.74, 6) is 2.90. The molecule has 1 aliphatic heterocycles. The Hall–Kier alpha value is -1.83. The quantitative estimate of drug-likeness (QED) is 0.624. The van der Waals surface area contributed by atoms with Gasteiger partial charge >= 0.3 is 0 Å². The average Bonchev–Trinajstić information content (AvgIpc) is 3.17. The molecule has 3 rings (SSSR count). The molecule has 0 aliphatic carbocycles. The van der Waals surface area contributed by atoms with Crippen LogP contribution in [0.25, 0.3) is 11.3 Å². The molecular formula is C16H18N2O4S. The number of hydrogen-bond acceptors (Lipinski definition) is 6. The predicted molar refractivity (Wildman–Crippen MR) is 89.4 cm³/mol. The molecule has 2 heterocycles. The Morgan fingerprint density at radius 3 is 2.91 bits per heavy atom. The van der Waals surface area contributed by atoms with Gasteiger partial charge in [-0.05, 0) is 30.4 Å². The molecule has 122 valence electrons. The second-order valence-electron chi connectivity index (χ2n) is 5.67. The van der Waals surface area contributed by atoms with Gasteiger partial charge in [0.1, 0.15) is 11.5 Å². The van der Waals surface area contributed by atoms with Crippen molar-refractivity contribution in [3.63, 3.8) is 0 Å². The van der Waals surface area contributed by atoms with E-state index in [1.54, 1.807) is 42.1 Å². The second-order valence-corrected chi connectivity index (χ2v) is 6.78. The van der Waals surface area contributed by atoms with E-state index in [9.17, 15) is 15.2 Å². The van der Waals surface area contributed by atoms with Gasteiger partial charge in [-0.25, -0.2) is 0 Å². The highest BCUT2D eigenvalue weighted by Gasteiger charge is 2.31. The fraction of sp³-hybridized carbons (Fsp3) is 0.375. The van der Waals surface area contributed by atoms with Crippen LogP contribution in [0.3, 0.4) is 0 Å². The molecule has 0 bridgehead atoms. The Balaban J connectivity index is 1.65. The molecule has 1 aliphatic rings. The Morgan fingerprint density at radius 1 is 1.35 bits per heavy atom. The molecule has 7 heteroatoms. The van der Waals surface area contributed by atoms with Gasteiger partial charge in [-0.1, -0.05) is 12.1 Å². The molecule has 1 unspecified atom stereocenters.